The van der Waals surface area contributed by atoms with E-state index in [2.05, 4.69) is 5.32 Å². The van der Waals surface area contributed by atoms with Crippen molar-refractivity contribution in [2.75, 3.05) is 12.3 Å². The second-order valence-corrected chi connectivity index (χ2v) is 7.95. The second-order valence-electron chi connectivity index (χ2n) is 5.52. The SMILES string of the molecule is O=C(CS(=O)(=O)c1ccc(Cl)cc1)NCC1CCCCC1. The Balaban J connectivity index is 1.87. The number of carbonyl (C=O) groups is 1. The van der Waals surface area contributed by atoms with Crippen LogP contribution in [0.25, 0.3) is 0 Å². The highest BCUT2D eigenvalue weighted by Gasteiger charge is 2.20. The van der Waals surface area contributed by atoms with Crippen molar-refractivity contribution in [3.05, 3.63) is 29.3 Å². The van der Waals surface area contributed by atoms with E-state index in [0.29, 0.717) is 17.5 Å². The molecule has 0 radical (unpaired) electrons. The molecule has 0 bridgehead atoms. The monoisotopic (exact) mass is 329 g/mol. The van der Waals surface area contributed by atoms with Gasteiger partial charge in [-0.05, 0) is 43.0 Å². The molecule has 1 aliphatic carbocycles. The number of carbonyl (C=O) groups excluding carboxylic acids is 1. The Morgan fingerprint density at radius 2 is 1.76 bits per heavy atom. The predicted molar refractivity (Wildman–Crippen MR) is 83.1 cm³/mol. The summed E-state index contributed by atoms with van der Waals surface area (Å²) in [6.07, 6.45) is 5.89. The third-order valence-corrected chi connectivity index (χ3v) is 5.69. The van der Waals surface area contributed by atoms with Gasteiger partial charge in [-0.3, -0.25) is 4.79 Å². The van der Waals surface area contributed by atoms with Gasteiger partial charge in [-0.15, -0.1) is 0 Å². The average Bonchev–Trinajstić information content (AvgIpc) is 2.46. The zero-order chi connectivity index (χ0) is 15.3. The van der Waals surface area contributed by atoms with Crippen LogP contribution in [0.15, 0.2) is 29.2 Å². The molecule has 1 aromatic carbocycles. The fraction of sp³-hybridized carbons (Fsp3) is 0.533. The van der Waals surface area contributed by atoms with E-state index in [1.165, 1.54) is 43.5 Å². The highest BCUT2D eigenvalue weighted by molar-refractivity contribution is 7.92. The first-order valence-electron chi connectivity index (χ1n) is 7.22. The molecule has 2 rings (SSSR count). The van der Waals surface area contributed by atoms with Crippen LogP contribution < -0.4 is 5.32 Å². The summed E-state index contributed by atoms with van der Waals surface area (Å²) in [4.78, 5) is 11.9. The van der Waals surface area contributed by atoms with Gasteiger partial charge in [-0.2, -0.15) is 0 Å². The predicted octanol–water partition coefficient (Wildman–Crippen LogP) is 2.81. The molecule has 6 heteroatoms. The van der Waals surface area contributed by atoms with E-state index >= 15 is 0 Å². The van der Waals surface area contributed by atoms with Crippen molar-refractivity contribution in [3.63, 3.8) is 0 Å². The third kappa shape index (κ3) is 5.00. The van der Waals surface area contributed by atoms with E-state index in [1.807, 2.05) is 0 Å². The zero-order valence-electron chi connectivity index (χ0n) is 11.8. The molecular formula is C15H20ClNO3S. The number of halogens is 1. The Hall–Kier alpha value is -1.07. The highest BCUT2D eigenvalue weighted by Crippen LogP contribution is 2.22. The smallest absolute Gasteiger partial charge is 0.235 e. The van der Waals surface area contributed by atoms with Crippen LogP contribution in [0.1, 0.15) is 32.1 Å². The van der Waals surface area contributed by atoms with E-state index in [1.54, 1.807) is 0 Å². The fourth-order valence-corrected chi connectivity index (χ4v) is 3.89. The van der Waals surface area contributed by atoms with Crippen LogP contribution in [0, 0.1) is 5.92 Å². The molecule has 116 valence electrons. The van der Waals surface area contributed by atoms with Crippen molar-refractivity contribution in [2.45, 2.75) is 37.0 Å². The molecule has 1 N–H and O–H groups in total. The summed E-state index contributed by atoms with van der Waals surface area (Å²) in [6.45, 7) is 0.578. The van der Waals surface area contributed by atoms with Gasteiger partial charge in [0.05, 0.1) is 4.90 Å². The molecule has 4 nitrogen and oxygen atoms in total. The summed E-state index contributed by atoms with van der Waals surface area (Å²) in [7, 11) is -3.60. The molecule has 21 heavy (non-hydrogen) atoms. The normalized spacial score (nSPS) is 16.6. The van der Waals surface area contributed by atoms with Gasteiger partial charge >= 0.3 is 0 Å². The van der Waals surface area contributed by atoms with Gasteiger partial charge in [-0.25, -0.2) is 8.42 Å². The molecule has 1 amide bonds. The maximum atomic E-state index is 12.1. The van der Waals surface area contributed by atoms with Gasteiger partial charge < -0.3 is 5.32 Å². The van der Waals surface area contributed by atoms with E-state index in [0.717, 1.165) is 12.8 Å². The molecule has 0 unspecified atom stereocenters. The van der Waals surface area contributed by atoms with Gasteiger partial charge in [0.15, 0.2) is 9.84 Å². The summed E-state index contributed by atoms with van der Waals surface area (Å²) in [5, 5.41) is 3.21. The maximum absolute atomic E-state index is 12.1. The molecule has 0 aliphatic heterocycles. The Bertz CT molecular complexity index is 577. The number of hydrogen-bond donors (Lipinski definition) is 1. The van der Waals surface area contributed by atoms with Crippen LogP contribution >= 0.6 is 11.6 Å². The van der Waals surface area contributed by atoms with Crippen LogP contribution in [0.2, 0.25) is 5.02 Å². The number of amides is 1. The fourth-order valence-electron chi connectivity index (χ4n) is 2.60. The van der Waals surface area contributed by atoms with Crippen LogP contribution in [-0.4, -0.2) is 26.6 Å². The Morgan fingerprint density at radius 1 is 1.14 bits per heavy atom. The van der Waals surface area contributed by atoms with Gasteiger partial charge in [-0.1, -0.05) is 30.9 Å². The summed E-state index contributed by atoms with van der Waals surface area (Å²) < 4.78 is 24.2. The largest absolute Gasteiger partial charge is 0.355 e. The number of sulfone groups is 1. The number of benzene rings is 1. The van der Waals surface area contributed by atoms with Crippen molar-refractivity contribution >= 4 is 27.3 Å². The third-order valence-electron chi connectivity index (χ3n) is 3.81. The highest BCUT2D eigenvalue weighted by atomic mass is 35.5. The van der Waals surface area contributed by atoms with Crippen molar-refractivity contribution in [1.82, 2.24) is 5.32 Å². The standard InChI is InChI=1S/C15H20ClNO3S/c16-13-6-8-14(9-7-13)21(19,20)11-15(18)17-10-12-4-2-1-3-5-12/h6-9,12H,1-5,10-11H2,(H,17,18). The molecule has 0 spiro atoms. The number of rotatable bonds is 5. The van der Waals surface area contributed by atoms with Crippen molar-refractivity contribution in [2.24, 2.45) is 5.92 Å². The molecule has 0 saturated heterocycles. The first-order chi connectivity index (χ1) is 9.97. The topological polar surface area (TPSA) is 63.2 Å². The number of nitrogens with one attached hydrogen (secondary N) is 1. The molecule has 0 atom stereocenters. The Labute approximate surface area is 130 Å². The molecule has 0 aromatic heterocycles. The minimum atomic E-state index is -3.60. The second kappa shape index (κ2) is 7.27. The first-order valence-corrected chi connectivity index (χ1v) is 9.25. The van der Waals surface area contributed by atoms with E-state index in [9.17, 15) is 13.2 Å². The zero-order valence-corrected chi connectivity index (χ0v) is 13.4. The lowest BCUT2D eigenvalue weighted by atomic mass is 9.89. The van der Waals surface area contributed by atoms with E-state index in [-0.39, 0.29) is 4.90 Å². The van der Waals surface area contributed by atoms with Crippen molar-refractivity contribution < 1.29 is 13.2 Å². The molecule has 1 aliphatic rings. The Kier molecular flexibility index (Phi) is 5.65. The lowest BCUT2D eigenvalue weighted by Crippen LogP contribution is -2.34. The molecular weight excluding hydrogens is 310 g/mol. The van der Waals surface area contributed by atoms with E-state index < -0.39 is 21.5 Å². The minimum Gasteiger partial charge on any atom is -0.355 e. The lowest BCUT2D eigenvalue weighted by Gasteiger charge is -2.21. The first kappa shape index (κ1) is 16.3. The van der Waals surface area contributed by atoms with E-state index in [4.69, 9.17) is 11.6 Å². The van der Waals surface area contributed by atoms with Crippen LogP contribution in [0.3, 0.4) is 0 Å². The summed E-state index contributed by atoms with van der Waals surface area (Å²) in [6, 6.07) is 5.86. The summed E-state index contributed by atoms with van der Waals surface area (Å²) >= 11 is 5.73. The minimum absolute atomic E-state index is 0.125. The molecule has 1 aromatic rings. The summed E-state index contributed by atoms with van der Waals surface area (Å²) in [5.41, 5.74) is 0. The Morgan fingerprint density at radius 3 is 2.38 bits per heavy atom. The van der Waals surface area contributed by atoms with Gasteiger partial charge in [0.2, 0.25) is 5.91 Å². The molecule has 1 fully saturated rings. The average molecular weight is 330 g/mol. The van der Waals surface area contributed by atoms with Gasteiger partial charge in [0.1, 0.15) is 5.75 Å². The maximum Gasteiger partial charge on any atom is 0.235 e. The molecule has 1 saturated carbocycles. The quantitative estimate of drug-likeness (QED) is 0.903. The van der Waals surface area contributed by atoms with Crippen molar-refractivity contribution in [3.8, 4) is 0 Å². The van der Waals surface area contributed by atoms with Crippen LogP contribution in [-0.2, 0) is 14.6 Å². The van der Waals surface area contributed by atoms with Gasteiger partial charge in [0, 0.05) is 11.6 Å². The van der Waals surface area contributed by atoms with Gasteiger partial charge in [0.25, 0.3) is 0 Å². The lowest BCUT2D eigenvalue weighted by molar-refractivity contribution is -0.118. The molecule has 0 heterocycles. The van der Waals surface area contributed by atoms with Crippen LogP contribution in [0.5, 0.6) is 0 Å². The number of hydrogen-bond acceptors (Lipinski definition) is 3. The van der Waals surface area contributed by atoms with Crippen LogP contribution in [0.4, 0.5) is 0 Å². The summed E-state index contributed by atoms with van der Waals surface area (Å²) in [5.74, 6) is -0.460. The van der Waals surface area contributed by atoms with Crippen molar-refractivity contribution in [1.29, 1.82) is 0 Å².